The summed E-state index contributed by atoms with van der Waals surface area (Å²) in [6, 6.07) is 22.0. The first-order valence-electron chi connectivity index (χ1n) is 13.5. The number of amides is 1. The molecule has 0 spiro atoms. The van der Waals surface area contributed by atoms with Crippen molar-refractivity contribution in [1.29, 1.82) is 0 Å². The molecule has 1 atom stereocenters. The average molecular weight is 525 g/mol. The molecular formula is C33H36N2O4. The molecule has 1 fully saturated rings. The smallest absolute Gasteiger partial charge is 0.347 e. The summed E-state index contributed by atoms with van der Waals surface area (Å²) in [5, 5.41) is 13.6. The van der Waals surface area contributed by atoms with Crippen LogP contribution in [0.1, 0.15) is 83.9 Å². The van der Waals surface area contributed by atoms with Gasteiger partial charge in [0.25, 0.3) is 5.91 Å². The van der Waals surface area contributed by atoms with Gasteiger partial charge in [-0.25, -0.2) is 4.79 Å². The highest BCUT2D eigenvalue weighted by Gasteiger charge is 2.29. The first kappa shape index (κ1) is 26.5. The summed E-state index contributed by atoms with van der Waals surface area (Å²) in [6.07, 6.45) is 3.27. The third-order valence-corrected chi connectivity index (χ3v) is 7.91. The lowest BCUT2D eigenvalue weighted by Crippen LogP contribution is -2.37. The van der Waals surface area contributed by atoms with E-state index in [4.69, 9.17) is 4.74 Å². The molecule has 3 aromatic carbocycles. The van der Waals surface area contributed by atoms with Crippen molar-refractivity contribution in [3.63, 3.8) is 0 Å². The van der Waals surface area contributed by atoms with Crippen LogP contribution in [-0.4, -0.2) is 27.2 Å². The first-order chi connectivity index (χ1) is 18.5. The summed E-state index contributed by atoms with van der Waals surface area (Å²) in [6.45, 7) is 7.18. The van der Waals surface area contributed by atoms with E-state index in [0.29, 0.717) is 17.7 Å². The number of aromatic nitrogens is 1. The number of carboxylic acid groups (broad SMARTS) is 1. The van der Waals surface area contributed by atoms with Crippen LogP contribution in [0.4, 0.5) is 0 Å². The number of hydrogen-bond donors (Lipinski definition) is 2. The monoisotopic (exact) mass is 524 g/mol. The maximum atomic E-state index is 13.2. The van der Waals surface area contributed by atoms with E-state index in [1.54, 1.807) is 0 Å². The van der Waals surface area contributed by atoms with E-state index >= 15 is 0 Å². The second-order valence-electron chi connectivity index (χ2n) is 11.2. The molecule has 0 bridgehead atoms. The van der Waals surface area contributed by atoms with Crippen molar-refractivity contribution in [2.24, 2.45) is 7.05 Å². The Hall–Kier alpha value is -4.06. The van der Waals surface area contributed by atoms with Gasteiger partial charge in [0.2, 0.25) is 0 Å². The zero-order valence-electron chi connectivity index (χ0n) is 23.2. The molecule has 202 valence electrons. The second kappa shape index (κ2) is 10.3. The van der Waals surface area contributed by atoms with Crippen molar-refractivity contribution in [2.45, 2.75) is 64.5 Å². The van der Waals surface area contributed by atoms with Crippen LogP contribution in [0.5, 0.6) is 5.75 Å². The normalized spacial score (nSPS) is 14.3. The quantitative estimate of drug-likeness (QED) is 0.256. The lowest BCUT2D eigenvalue weighted by molar-refractivity contribution is -0.152. The lowest BCUT2D eigenvalue weighted by Gasteiger charge is -2.21. The van der Waals surface area contributed by atoms with Crippen LogP contribution >= 0.6 is 0 Å². The molecule has 0 unspecified atom stereocenters. The number of carbonyl (C=O) groups is 2. The van der Waals surface area contributed by atoms with Gasteiger partial charge in [0.05, 0.1) is 6.04 Å². The zero-order chi connectivity index (χ0) is 27.9. The molecule has 0 saturated heterocycles. The Labute approximate surface area is 229 Å². The fourth-order valence-electron chi connectivity index (χ4n) is 5.06. The Morgan fingerprint density at radius 1 is 1.05 bits per heavy atom. The number of ether oxygens (including phenoxy) is 1. The molecule has 39 heavy (non-hydrogen) atoms. The van der Waals surface area contributed by atoms with E-state index in [0.717, 1.165) is 33.6 Å². The van der Waals surface area contributed by atoms with Gasteiger partial charge in [0.1, 0.15) is 5.75 Å². The maximum absolute atomic E-state index is 13.2. The Bertz CT molecular complexity index is 1530. The molecule has 2 N–H and O–H groups in total. The summed E-state index contributed by atoms with van der Waals surface area (Å²) in [4.78, 5) is 24.5. The maximum Gasteiger partial charge on any atom is 0.347 e. The molecule has 1 aromatic heterocycles. The van der Waals surface area contributed by atoms with E-state index in [9.17, 15) is 14.7 Å². The number of rotatable bonds is 9. The third kappa shape index (κ3) is 5.56. The molecule has 6 heteroatoms. The third-order valence-electron chi connectivity index (χ3n) is 7.91. The highest BCUT2D eigenvalue weighted by atomic mass is 16.5. The fourth-order valence-corrected chi connectivity index (χ4v) is 5.06. The number of aryl methyl sites for hydroxylation is 1. The lowest BCUT2D eigenvalue weighted by atomic mass is 10.0. The van der Waals surface area contributed by atoms with Gasteiger partial charge < -0.3 is 19.7 Å². The number of fused-ring (bicyclic) bond motifs is 1. The number of carboxylic acids is 1. The predicted molar refractivity (Wildman–Crippen MR) is 154 cm³/mol. The number of nitrogens with zero attached hydrogens (tertiary/aromatic N) is 1. The number of hydrogen-bond acceptors (Lipinski definition) is 3. The zero-order valence-corrected chi connectivity index (χ0v) is 23.2. The Morgan fingerprint density at radius 2 is 1.72 bits per heavy atom. The van der Waals surface area contributed by atoms with Crippen molar-refractivity contribution in [1.82, 2.24) is 9.88 Å². The molecule has 5 rings (SSSR count). The van der Waals surface area contributed by atoms with Crippen LogP contribution in [0, 0.1) is 6.92 Å². The van der Waals surface area contributed by atoms with Crippen LogP contribution in [-0.2, 0) is 18.3 Å². The van der Waals surface area contributed by atoms with Gasteiger partial charge in [-0.1, -0.05) is 42.5 Å². The Kier molecular flexibility index (Phi) is 6.98. The summed E-state index contributed by atoms with van der Waals surface area (Å²) in [5.74, 6) is 0.141. The van der Waals surface area contributed by atoms with Gasteiger partial charge in [-0.2, -0.15) is 0 Å². The number of carbonyl (C=O) groups excluding carboxylic acids is 1. The van der Waals surface area contributed by atoms with E-state index in [2.05, 4.69) is 41.1 Å². The van der Waals surface area contributed by atoms with Gasteiger partial charge >= 0.3 is 5.97 Å². The van der Waals surface area contributed by atoms with E-state index in [1.807, 2.05) is 56.4 Å². The van der Waals surface area contributed by atoms with Crippen molar-refractivity contribution >= 4 is 22.8 Å². The summed E-state index contributed by atoms with van der Waals surface area (Å²) in [5.41, 5.74) is 6.28. The van der Waals surface area contributed by atoms with E-state index < -0.39 is 11.6 Å². The van der Waals surface area contributed by atoms with Gasteiger partial charge in [-0.3, -0.25) is 4.79 Å². The molecular weight excluding hydrogens is 488 g/mol. The van der Waals surface area contributed by atoms with E-state index in [1.165, 1.54) is 37.8 Å². The second-order valence-corrected chi connectivity index (χ2v) is 11.2. The minimum Gasteiger partial charge on any atom is -0.478 e. The Morgan fingerprint density at radius 3 is 2.33 bits per heavy atom. The van der Waals surface area contributed by atoms with Crippen molar-refractivity contribution in [3.8, 4) is 5.75 Å². The molecule has 1 amide bonds. The minimum absolute atomic E-state index is 0.0832. The van der Waals surface area contributed by atoms with Gasteiger partial charge in [-0.15, -0.1) is 0 Å². The molecule has 1 aliphatic rings. The number of nitrogens with one attached hydrogen (secondary N) is 1. The predicted octanol–water partition coefficient (Wildman–Crippen LogP) is 6.69. The standard InChI is InChI=1S/C33H36N2O4/c1-20(23-8-10-24(11-9-23)25-12-13-25)34-31(36)26-14-17-28-29(21(2)35(5)30(28)19-26)18-22-6-15-27(16-7-22)39-33(3,4)32(37)38/h6-11,14-17,19-20,25H,12-13,18H2,1-5H3,(H,34,36)(H,37,38)/t20-/m0/s1. The van der Waals surface area contributed by atoms with Crippen LogP contribution in [0.25, 0.3) is 10.9 Å². The number of benzene rings is 3. The topological polar surface area (TPSA) is 80.6 Å². The molecule has 4 aromatic rings. The van der Waals surface area contributed by atoms with Crippen LogP contribution in [0.15, 0.2) is 66.7 Å². The minimum atomic E-state index is -1.30. The number of aliphatic carboxylic acids is 1. The molecule has 0 aliphatic heterocycles. The van der Waals surface area contributed by atoms with Crippen LogP contribution < -0.4 is 10.1 Å². The summed E-state index contributed by atoms with van der Waals surface area (Å²) < 4.78 is 7.77. The average Bonchev–Trinajstić information content (AvgIpc) is 3.74. The highest BCUT2D eigenvalue weighted by Crippen LogP contribution is 2.40. The molecule has 1 saturated carbocycles. The molecule has 6 nitrogen and oxygen atoms in total. The fraction of sp³-hybridized carbons (Fsp3) is 0.333. The van der Waals surface area contributed by atoms with Gasteiger partial charge in [0, 0.05) is 29.2 Å². The Balaban J connectivity index is 1.31. The van der Waals surface area contributed by atoms with Gasteiger partial charge in [0.15, 0.2) is 5.60 Å². The van der Waals surface area contributed by atoms with Crippen LogP contribution in [0.3, 0.4) is 0 Å². The van der Waals surface area contributed by atoms with E-state index in [-0.39, 0.29) is 11.9 Å². The SMILES string of the molecule is Cc1c(Cc2ccc(OC(C)(C)C(=O)O)cc2)c2ccc(C(=O)N[C@@H](C)c3ccc(C4CC4)cc3)cc2n1C. The highest BCUT2D eigenvalue weighted by molar-refractivity contribution is 5.99. The first-order valence-corrected chi connectivity index (χ1v) is 13.5. The largest absolute Gasteiger partial charge is 0.478 e. The van der Waals surface area contributed by atoms with Crippen molar-refractivity contribution < 1.29 is 19.4 Å². The summed E-state index contributed by atoms with van der Waals surface area (Å²) in [7, 11) is 2.03. The van der Waals surface area contributed by atoms with Crippen molar-refractivity contribution in [3.05, 3.63) is 100 Å². The van der Waals surface area contributed by atoms with Crippen molar-refractivity contribution in [2.75, 3.05) is 0 Å². The molecule has 1 aliphatic carbocycles. The molecule has 1 heterocycles. The summed E-state index contributed by atoms with van der Waals surface area (Å²) >= 11 is 0. The van der Waals surface area contributed by atoms with Gasteiger partial charge in [-0.05, 0) is 99.4 Å². The molecule has 0 radical (unpaired) electrons. The van der Waals surface area contributed by atoms with Crippen LogP contribution in [0.2, 0.25) is 0 Å².